The zero-order valence-corrected chi connectivity index (χ0v) is 16.2. The van der Waals surface area contributed by atoms with Gasteiger partial charge in [0.25, 0.3) is 0 Å². The number of carbonyl (C=O) groups excluding carboxylic acids is 1. The average molecular weight is 394 g/mol. The molecule has 1 heterocycles. The largest absolute Gasteiger partial charge is 0.491 e. The van der Waals surface area contributed by atoms with Gasteiger partial charge in [-0.2, -0.15) is 0 Å². The minimum Gasteiger partial charge on any atom is -0.491 e. The molecule has 0 spiro atoms. The third-order valence-corrected chi connectivity index (χ3v) is 4.10. The van der Waals surface area contributed by atoms with Crippen molar-refractivity contribution in [3.05, 3.63) is 30.3 Å². The number of benzene rings is 1. The summed E-state index contributed by atoms with van der Waals surface area (Å²) in [5.41, 5.74) is 5.80. The number of hydrogen-bond acceptors (Lipinski definition) is 5. The van der Waals surface area contributed by atoms with E-state index >= 15 is 0 Å². The van der Waals surface area contributed by atoms with Crippen LogP contribution in [0.3, 0.4) is 0 Å². The van der Waals surface area contributed by atoms with Gasteiger partial charge >= 0.3 is 0 Å². The number of aliphatic hydroxyl groups excluding tert-OH is 1. The summed E-state index contributed by atoms with van der Waals surface area (Å²) < 4.78 is 5.56. The molecular formula is C17H29Cl2N3O3. The van der Waals surface area contributed by atoms with Crippen LogP contribution >= 0.6 is 24.8 Å². The van der Waals surface area contributed by atoms with Crippen LogP contribution in [0.4, 0.5) is 0 Å². The molecule has 144 valence electrons. The number of hydrogen-bond donors (Lipinski definition) is 2. The number of aliphatic hydroxyl groups is 1. The fraction of sp³-hybridized carbons (Fsp3) is 0.588. The molecule has 1 saturated heterocycles. The zero-order valence-electron chi connectivity index (χ0n) is 14.5. The van der Waals surface area contributed by atoms with Crippen LogP contribution in [-0.2, 0) is 4.79 Å². The summed E-state index contributed by atoms with van der Waals surface area (Å²) >= 11 is 0. The van der Waals surface area contributed by atoms with Gasteiger partial charge < -0.3 is 20.5 Å². The van der Waals surface area contributed by atoms with Crippen LogP contribution in [0.2, 0.25) is 0 Å². The minimum atomic E-state index is -0.546. The summed E-state index contributed by atoms with van der Waals surface area (Å²) in [7, 11) is 0. The quantitative estimate of drug-likeness (QED) is 0.726. The molecule has 0 radical (unpaired) electrons. The summed E-state index contributed by atoms with van der Waals surface area (Å²) in [5.74, 6) is 0.788. The molecule has 1 aromatic carbocycles. The first-order chi connectivity index (χ1) is 11.1. The molecule has 1 aliphatic heterocycles. The van der Waals surface area contributed by atoms with Crippen LogP contribution in [0.25, 0.3) is 0 Å². The smallest absolute Gasteiger partial charge is 0.239 e. The van der Waals surface area contributed by atoms with E-state index in [0.717, 1.165) is 18.8 Å². The van der Waals surface area contributed by atoms with Gasteiger partial charge in [-0.1, -0.05) is 25.1 Å². The molecule has 0 bridgehead atoms. The van der Waals surface area contributed by atoms with Crippen LogP contribution in [0.15, 0.2) is 30.3 Å². The number of nitrogens with zero attached hydrogens (tertiary/aromatic N) is 2. The van der Waals surface area contributed by atoms with Crippen molar-refractivity contribution in [2.24, 2.45) is 5.73 Å². The molecule has 0 saturated carbocycles. The molecule has 2 rings (SSSR count). The monoisotopic (exact) mass is 393 g/mol. The van der Waals surface area contributed by atoms with Gasteiger partial charge in [0.2, 0.25) is 5.91 Å². The molecule has 3 N–H and O–H groups in total. The molecule has 0 aliphatic carbocycles. The van der Waals surface area contributed by atoms with Crippen molar-refractivity contribution < 1.29 is 14.6 Å². The van der Waals surface area contributed by atoms with Crippen LogP contribution in [0, 0.1) is 0 Å². The summed E-state index contributed by atoms with van der Waals surface area (Å²) in [6, 6.07) is 9.07. The Morgan fingerprint density at radius 3 is 2.36 bits per heavy atom. The molecule has 0 aromatic heterocycles. The molecule has 1 aliphatic rings. The number of para-hydroxylation sites is 1. The number of carbonyl (C=O) groups is 1. The van der Waals surface area contributed by atoms with Crippen molar-refractivity contribution in [3.8, 4) is 5.75 Å². The summed E-state index contributed by atoms with van der Waals surface area (Å²) in [6.07, 6.45) is 0.115. The van der Waals surface area contributed by atoms with Crippen LogP contribution in [0.5, 0.6) is 5.75 Å². The van der Waals surface area contributed by atoms with Crippen molar-refractivity contribution in [3.63, 3.8) is 0 Å². The summed E-state index contributed by atoms with van der Waals surface area (Å²) in [5, 5.41) is 10.1. The predicted molar refractivity (Wildman–Crippen MR) is 104 cm³/mol. The van der Waals surface area contributed by atoms with Crippen molar-refractivity contribution in [2.75, 3.05) is 39.3 Å². The first kappa shape index (κ1) is 23.9. The van der Waals surface area contributed by atoms with Crippen molar-refractivity contribution in [1.29, 1.82) is 0 Å². The van der Waals surface area contributed by atoms with Gasteiger partial charge in [-0.15, -0.1) is 24.8 Å². The van der Waals surface area contributed by atoms with E-state index in [1.165, 1.54) is 0 Å². The van der Waals surface area contributed by atoms with E-state index in [1.807, 2.05) is 42.2 Å². The Labute approximate surface area is 162 Å². The number of ether oxygens (including phenoxy) is 1. The lowest BCUT2D eigenvalue weighted by Gasteiger charge is -2.36. The zero-order chi connectivity index (χ0) is 16.7. The van der Waals surface area contributed by atoms with Gasteiger partial charge in [0.15, 0.2) is 0 Å². The first-order valence-electron chi connectivity index (χ1n) is 8.22. The van der Waals surface area contributed by atoms with Gasteiger partial charge in [-0.25, -0.2) is 0 Å². The maximum atomic E-state index is 12.0. The highest BCUT2D eigenvalue weighted by molar-refractivity contribution is 5.85. The Morgan fingerprint density at radius 1 is 1.20 bits per heavy atom. The number of amides is 1. The van der Waals surface area contributed by atoms with Crippen molar-refractivity contribution in [1.82, 2.24) is 9.80 Å². The van der Waals surface area contributed by atoms with Crippen molar-refractivity contribution >= 4 is 30.7 Å². The van der Waals surface area contributed by atoms with E-state index in [0.29, 0.717) is 26.1 Å². The van der Waals surface area contributed by atoms with E-state index in [-0.39, 0.29) is 37.3 Å². The standard InChI is InChI=1S/C17H27N3O3.2ClH/c1-2-16(18)17(22)20-10-8-19(9-11-20)12-14(21)13-23-15-6-4-3-5-7-15;;/h3-7,14,16,21H,2,8-13,18H2,1H3;2*1H/t14?,16-;;/m0../s1. The Balaban J connectivity index is 0.00000288. The number of piperazine rings is 1. The molecule has 6 nitrogen and oxygen atoms in total. The maximum Gasteiger partial charge on any atom is 0.239 e. The van der Waals surface area contributed by atoms with Gasteiger partial charge in [0, 0.05) is 32.7 Å². The normalized spacial score (nSPS) is 17.0. The highest BCUT2D eigenvalue weighted by Gasteiger charge is 2.25. The topological polar surface area (TPSA) is 79.0 Å². The third-order valence-electron chi connectivity index (χ3n) is 4.10. The highest BCUT2D eigenvalue weighted by atomic mass is 35.5. The first-order valence-corrected chi connectivity index (χ1v) is 8.22. The molecule has 1 amide bonds. The predicted octanol–water partition coefficient (Wildman–Crippen LogP) is 1.15. The van der Waals surface area contributed by atoms with E-state index in [4.69, 9.17) is 10.5 Å². The van der Waals surface area contributed by atoms with Gasteiger partial charge in [-0.3, -0.25) is 9.69 Å². The molecule has 8 heteroatoms. The minimum absolute atomic E-state index is 0. The van der Waals surface area contributed by atoms with Crippen molar-refractivity contribution in [2.45, 2.75) is 25.5 Å². The summed E-state index contributed by atoms with van der Waals surface area (Å²) in [6.45, 7) is 5.58. The molecule has 25 heavy (non-hydrogen) atoms. The molecule has 1 unspecified atom stereocenters. The van der Waals surface area contributed by atoms with Gasteiger partial charge in [-0.05, 0) is 18.6 Å². The van der Waals surface area contributed by atoms with Gasteiger partial charge in [0.1, 0.15) is 18.5 Å². The Kier molecular flexibility index (Phi) is 11.8. The van der Waals surface area contributed by atoms with Crippen LogP contribution in [-0.4, -0.2) is 72.3 Å². The van der Waals surface area contributed by atoms with Crippen LogP contribution in [0.1, 0.15) is 13.3 Å². The fourth-order valence-corrected chi connectivity index (χ4v) is 2.62. The van der Waals surface area contributed by atoms with Crippen LogP contribution < -0.4 is 10.5 Å². The number of nitrogens with two attached hydrogens (primary N) is 1. The highest BCUT2D eigenvalue weighted by Crippen LogP contribution is 2.10. The number of rotatable bonds is 7. The van der Waals surface area contributed by atoms with E-state index < -0.39 is 12.1 Å². The van der Waals surface area contributed by atoms with E-state index in [1.54, 1.807) is 0 Å². The lowest BCUT2D eigenvalue weighted by molar-refractivity contribution is -0.134. The summed E-state index contributed by atoms with van der Waals surface area (Å²) in [4.78, 5) is 16.0. The maximum absolute atomic E-state index is 12.0. The lowest BCUT2D eigenvalue weighted by atomic mass is 10.2. The average Bonchev–Trinajstić information content (AvgIpc) is 2.60. The molecule has 2 atom stereocenters. The number of β-amino-alcohol motifs (C(OH)–C–C–N with tert-alkyl or cyclic N) is 1. The Hall–Kier alpha value is -1.05. The Bertz CT molecular complexity index is 485. The second-order valence-corrected chi connectivity index (χ2v) is 5.92. The van der Waals surface area contributed by atoms with E-state index in [2.05, 4.69) is 4.90 Å². The second-order valence-electron chi connectivity index (χ2n) is 5.92. The third kappa shape index (κ3) is 7.79. The molecular weight excluding hydrogens is 365 g/mol. The Morgan fingerprint density at radius 2 is 1.80 bits per heavy atom. The second kappa shape index (κ2) is 12.3. The SMILES string of the molecule is CC[C@H](N)C(=O)N1CCN(CC(O)COc2ccccc2)CC1.Cl.Cl. The number of halogens is 2. The van der Waals surface area contributed by atoms with Gasteiger partial charge in [0.05, 0.1) is 6.04 Å². The molecule has 1 fully saturated rings. The lowest BCUT2D eigenvalue weighted by Crippen LogP contribution is -2.54. The molecule has 1 aromatic rings. The van der Waals surface area contributed by atoms with E-state index in [9.17, 15) is 9.90 Å². The fourth-order valence-electron chi connectivity index (χ4n) is 2.62.